The van der Waals surface area contributed by atoms with E-state index in [9.17, 15) is 14.9 Å². The van der Waals surface area contributed by atoms with Crippen molar-refractivity contribution in [2.75, 3.05) is 13.2 Å². The number of halogens is 1. The Morgan fingerprint density at radius 2 is 1.90 bits per heavy atom. The van der Waals surface area contributed by atoms with Crippen LogP contribution in [0, 0.1) is 16.0 Å². The van der Waals surface area contributed by atoms with Crippen LogP contribution in [0.25, 0.3) is 0 Å². The van der Waals surface area contributed by atoms with Crippen molar-refractivity contribution in [3.8, 4) is 0 Å². The van der Waals surface area contributed by atoms with E-state index in [1.165, 1.54) is 0 Å². The number of ether oxygens (including phenoxy) is 1. The van der Waals surface area contributed by atoms with Crippen molar-refractivity contribution < 1.29 is 14.5 Å². The number of likely N-dealkylation sites (tertiary alicyclic amines) is 1. The molecular formula is C22H25ClN2O4. The minimum absolute atomic E-state index is 0.0583. The van der Waals surface area contributed by atoms with Gasteiger partial charge in [0.1, 0.15) is 6.04 Å². The number of esters is 1. The summed E-state index contributed by atoms with van der Waals surface area (Å²) in [6.45, 7) is 3.28. The lowest BCUT2D eigenvalue weighted by molar-refractivity contribution is -0.545. The lowest BCUT2D eigenvalue weighted by Gasteiger charge is -2.41. The fourth-order valence-electron chi connectivity index (χ4n) is 4.12. The van der Waals surface area contributed by atoms with E-state index in [2.05, 4.69) is 4.90 Å². The second-order valence-electron chi connectivity index (χ2n) is 7.29. The normalized spacial score (nSPS) is 22.2. The van der Waals surface area contributed by atoms with Crippen molar-refractivity contribution in [2.45, 2.75) is 38.4 Å². The summed E-state index contributed by atoms with van der Waals surface area (Å²) in [4.78, 5) is 26.1. The maximum atomic E-state index is 12.2. The first-order valence-corrected chi connectivity index (χ1v) is 10.2. The molecule has 0 amide bonds. The van der Waals surface area contributed by atoms with Gasteiger partial charge in [-0.25, -0.2) is 0 Å². The first-order chi connectivity index (χ1) is 14.0. The molecule has 1 aliphatic rings. The largest absolute Gasteiger partial charge is 0.466 e. The van der Waals surface area contributed by atoms with Crippen LogP contribution in [0.2, 0.25) is 5.02 Å². The van der Waals surface area contributed by atoms with E-state index < -0.39 is 12.1 Å². The number of benzene rings is 2. The van der Waals surface area contributed by atoms with Crippen LogP contribution >= 0.6 is 11.6 Å². The highest BCUT2D eigenvalue weighted by atomic mass is 35.5. The van der Waals surface area contributed by atoms with Crippen LogP contribution in [0.15, 0.2) is 54.6 Å². The van der Waals surface area contributed by atoms with Gasteiger partial charge in [-0.2, -0.15) is 0 Å². The Bertz CT molecular complexity index is 828. The average molecular weight is 417 g/mol. The van der Waals surface area contributed by atoms with Crippen LogP contribution in [0.3, 0.4) is 0 Å². The molecule has 154 valence electrons. The van der Waals surface area contributed by atoms with Crippen LogP contribution in [0.4, 0.5) is 0 Å². The zero-order chi connectivity index (χ0) is 20.8. The van der Waals surface area contributed by atoms with Crippen molar-refractivity contribution >= 4 is 17.6 Å². The van der Waals surface area contributed by atoms with Gasteiger partial charge in [-0.3, -0.25) is 19.8 Å². The minimum Gasteiger partial charge on any atom is -0.466 e. The van der Waals surface area contributed by atoms with Crippen LogP contribution in [-0.2, 0) is 16.1 Å². The molecule has 0 bridgehead atoms. The molecule has 0 spiro atoms. The second-order valence-corrected chi connectivity index (χ2v) is 7.72. The van der Waals surface area contributed by atoms with Gasteiger partial charge in [-0.1, -0.05) is 54.1 Å². The lowest BCUT2D eigenvalue weighted by Crippen LogP contribution is -2.50. The summed E-state index contributed by atoms with van der Waals surface area (Å²) in [6.07, 6.45) is 0.629. The third-order valence-corrected chi connectivity index (χ3v) is 5.66. The Kier molecular flexibility index (Phi) is 7.23. The molecule has 2 aromatic rings. The van der Waals surface area contributed by atoms with Crippen LogP contribution < -0.4 is 0 Å². The summed E-state index contributed by atoms with van der Waals surface area (Å²) >= 11 is 6.04. The smallest absolute Gasteiger partial charge is 0.306 e. The molecule has 2 aromatic carbocycles. The Labute approximate surface area is 175 Å². The Morgan fingerprint density at radius 3 is 2.52 bits per heavy atom. The van der Waals surface area contributed by atoms with Gasteiger partial charge in [0.2, 0.25) is 6.04 Å². The molecule has 1 saturated heterocycles. The minimum atomic E-state index is -0.905. The summed E-state index contributed by atoms with van der Waals surface area (Å²) in [6, 6.07) is 15.8. The summed E-state index contributed by atoms with van der Waals surface area (Å²) in [5, 5.41) is 12.7. The van der Waals surface area contributed by atoms with Crippen molar-refractivity contribution in [1.29, 1.82) is 0 Å². The Morgan fingerprint density at radius 1 is 1.21 bits per heavy atom. The van der Waals surface area contributed by atoms with Crippen LogP contribution in [0.1, 0.15) is 36.9 Å². The molecule has 7 heteroatoms. The van der Waals surface area contributed by atoms with Gasteiger partial charge in [0.15, 0.2) is 0 Å². The molecular weight excluding hydrogens is 392 g/mol. The van der Waals surface area contributed by atoms with Gasteiger partial charge in [-0.15, -0.1) is 0 Å². The number of rotatable bonds is 7. The van der Waals surface area contributed by atoms with Gasteiger partial charge in [0, 0.05) is 22.4 Å². The fraction of sp³-hybridized carbons (Fsp3) is 0.409. The number of hydrogen-bond acceptors (Lipinski definition) is 5. The van der Waals surface area contributed by atoms with E-state index in [1.807, 2.05) is 42.5 Å². The quantitative estimate of drug-likeness (QED) is 0.377. The summed E-state index contributed by atoms with van der Waals surface area (Å²) in [5.41, 5.74) is 1.93. The molecule has 29 heavy (non-hydrogen) atoms. The molecule has 0 aromatic heterocycles. The molecule has 0 N–H and O–H groups in total. The highest BCUT2D eigenvalue weighted by Crippen LogP contribution is 2.39. The molecule has 6 nitrogen and oxygen atoms in total. The van der Waals surface area contributed by atoms with Crippen LogP contribution in [0.5, 0.6) is 0 Å². The van der Waals surface area contributed by atoms with E-state index >= 15 is 0 Å². The maximum Gasteiger partial charge on any atom is 0.306 e. The zero-order valence-corrected chi connectivity index (χ0v) is 17.1. The summed E-state index contributed by atoms with van der Waals surface area (Å²) in [5.74, 6) is -0.757. The standard InChI is InChI=1S/C22H25ClN2O4/c1-2-29-20(26)14-18-12-13-24(15-16-6-4-3-5-7-16)21(22(18)25(27)28)17-8-10-19(23)11-9-17/h3-11,18,21-22H,2,12-15H2,1H3/t18-,21-,22+/m0/s1. The summed E-state index contributed by atoms with van der Waals surface area (Å²) in [7, 11) is 0. The highest BCUT2D eigenvalue weighted by Gasteiger charge is 2.47. The maximum absolute atomic E-state index is 12.2. The number of nitrogens with zero attached hydrogens (tertiary/aromatic N) is 2. The molecule has 3 atom stereocenters. The highest BCUT2D eigenvalue weighted by molar-refractivity contribution is 6.30. The number of hydrogen-bond donors (Lipinski definition) is 0. The molecule has 1 aliphatic heterocycles. The second kappa shape index (κ2) is 9.85. The van der Waals surface area contributed by atoms with Gasteiger partial charge in [-0.05, 0) is 43.1 Å². The van der Waals surface area contributed by atoms with Gasteiger partial charge in [0.05, 0.1) is 13.0 Å². The van der Waals surface area contributed by atoms with E-state index in [0.717, 1.165) is 11.1 Å². The molecule has 0 aliphatic carbocycles. The predicted molar refractivity (Wildman–Crippen MR) is 111 cm³/mol. The third-order valence-electron chi connectivity index (χ3n) is 5.40. The number of nitro groups is 1. The molecule has 1 fully saturated rings. The van der Waals surface area contributed by atoms with Gasteiger partial charge < -0.3 is 4.74 Å². The van der Waals surface area contributed by atoms with E-state index in [-0.39, 0.29) is 29.8 Å². The fourth-order valence-corrected chi connectivity index (χ4v) is 4.25. The number of carbonyl (C=O) groups excluding carboxylic acids is 1. The van der Waals surface area contributed by atoms with Gasteiger partial charge >= 0.3 is 5.97 Å². The third kappa shape index (κ3) is 5.34. The molecule has 1 heterocycles. The summed E-state index contributed by atoms with van der Waals surface area (Å²) < 4.78 is 5.06. The molecule has 3 rings (SSSR count). The molecule has 0 saturated carbocycles. The van der Waals surface area contributed by atoms with Crippen LogP contribution in [-0.4, -0.2) is 35.0 Å². The zero-order valence-electron chi connectivity index (χ0n) is 16.4. The van der Waals surface area contributed by atoms with E-state index in [0.29, 0.717) is 24.5 Å². The SMILES string of the molecule is CCOC(=O)C[C@@H]1CCN(Cc2ccccc2)[C@@H](c2ccc(Cl)cc2)[C@@H]1[N+](=O)[O-]. The van der Waals surface area contributed by atoms with Crippen molar-refractivity contribution in [3.05, 3.63) is 80.9 Å². The molecule has 0 radical (unpaired) electrons. The Balaban J connectivity index is 1.94. The van der Waals surface area contributed by atoms with E-state index in [4.69, 9.17) is 16.3 Å². The van der Waals surface area contributed by atoms with Crippen molar-refractivity contribution in [1.82, 2.24) is 4.90 Å². The first kappa shape index (κ1) is 21.3. The number of piperidine rings is 1. The number of carbonyl (C=O) groups is 1. The lowest BCUT2D eigenvalue weighted by atomic mass is 9.80. The average Bonchev–Trinajstić information content (AvgIpc) is 2.70. The van der Waals surface area contributed by atoms with Crippen molar-refractivity contribution in [2.24, 2.45) is 5.92 Å². The monoisotopic (exact) mass is 416 g/mol. The Hall–Kier alpha value is -2.44. The first-order valence-electron chi connectivity index (χ1n) is 9.82. The van der Waals surface area contributed by atoms with Gasteiger partial charge in [0.25, 0.3) is 0 Å². The molecule has 0 unspecified atom stereocenters. The van der Waals surface area contributed by atoms with Crippen molar-refractivity contribution in [3.63, 3.8) is 0 Å². The van der Waals surface area contributed by atoms with E-state index in [1.54, 1.807) is 19.1 Å². The topological polar surface area (TPSA) is 72.7 Å². The predicted octanol–water partition coefficient (Wildman–Crippen LogP) is 4.50.